The average Bonchev–Trinajstić information content (AvgIpc) is 3.15. The van der Waals surface area contributed by atoms with Gasteiger partial charge in [-0.25, -0.2) is 4.98 Å². The molecule has 0 unspecified atom stereocenters. The van der Waals surface area contributed by atoms with E-state index in [0.29, 0.717) is 6.54 Å². The minimum absolute atomic E-state index is 0.595. The summed E-state index contributed by atoms with van der Waals surface area (Å²) < 4.78 is 0. The van der Waals surface area contributed by atoms with Crippen LogP contribution in [-0.4, -0.2) is 29.5 Å². The van der Waals surface area contributed by atoms with E-state index in [4.69, 9.17) is 0 Å². The summed E-state index contributed by atoms with van der Waals surface area (Å²) in [5, 5.41) is 6.61. The quantitative estimate of drug-likeness (QED) is 0.480. The lowest BCUT2D eigenvalue weighted by atomic mass is 10.1. The molecule has 0 amide bonds. The number of aromatic amines is 1. The van der Waals surface area contributed by atoms with Gasteiger partial charge in [0.05, 0.1) is 18.4 Å². The number of hydrogen-bond acceptors (Lipinski definition) is 2. The van der Waals surface area contributed by atoms with Gasteiger partial charge in [-0.15, -0.1) is 0 Å². The molecular formula is C20H23N5. The monoisotopic (exact) mass is 333 g/mol. The third-order valence-corrected chi connectivity index (χ3v) is 3.91. The normalized spacial score (nSPS) is 11.3. The van der Waals surface area contributed by atoms with E-state index in [1.807, 2.05) is 30.5 Å². The molecule has 0 aliphatic heterocycles. The number of hydrogen-bond donors (Lipinski definition) is 3. The standard InChI is InChI=1S/C20H23N5/c1-21-20(22-13-12-16-8-4-2-5-9-16)24-15-19-23-14-18(25-19)17-10-6-3-7-11-17/h2-11,14H,12-13,15H2,1H3,(H,23,25)(H2,21,22,24). The lowest BCUT2D eigenvalue weighted by Crippen LogP contribution is -2.38. The molecule has 0 bridgehead atoms. The summed E-state index contributed by atoms with van der Waals surface area (Å²) in [4.78, 5) is 12.0. The first-order chi connectivity index (χ1) is 12.3. The largest absolute Gasteiger partial charge is 0.356 e. The van der Waals surface area contributed by atoms with Crippen molar-refractivity contribution in [2.75, 3.05) is 13.6 Å². The second-order valence-electron chi connectivity index (χ2n) is 5.70. The summed E-state index contributed by atoms with van der Waals surface area (Å²) in [5.74, 6) is 1.65. The van der Waals surface area contributed by atoms with E-state index in [2.05, 4.69) is 62.0 Å². The van der Waals surface area contributed by atoms with Gasteiger partial charge in [-0.05, 0) is 17.5 Å². The lowest BCUT2D eigenvalue weighted by Gasteiger charge is -2.11. The topological polar surface area (TPSA) is 65.1 Å². The van der Waals surface area contributed by atoms with Gasteiger partial charge in [-0.2, -0.15) is 0 Å². The molecule has 1 aromatic heterocycles. The zero-order valence-corrected chi connectivity index (χ0v) is 14.4. The van der Waals surface area contributed by atoms with Crippen LogP contribution in [0.2, 0.25) is 0 Å². The van der Waals surface area contributed by atoms with E-state index < -0.39 is 0 Å². The van der Waals surface area contributed by atoms with E-state index in [1.165, 1.54) is 5.56 Å². The predicted octanol–water partition coefficient (Wildman–Crippen LogP) is 2.98. The second-order valence-corrected chi connectivity index (χ2v) is 5.70. The summed E-state index contributed by atoms with van der Waals surface area (Å²) in [6.45, 7) is 1.43. The Hall–Kier alpha value is -3.08. The highest BCUT2D eigenvalue weighted by Crippen LogP contribution is 2.15. The number of H-pyrrole nitrogens is 1. The van der Waals surface area contributed by atoms with Crippen LogP contribution in [0.1, 0.15) is 11.4 Å². The number of nitrogens with one attached hydrogen (secondary N) is 3. The molecule has 0 atom stereocenters. The maximum atomic E-state index is 4.43. The van der Waals surface area contributed by atoms with Crippen molar-refractivity contribution in [1.29, 1.82) is 0 Å². The van der Waals surface area contributed by atoms with Crippen LogP contribution in [0.25, 0.3) is 11.3 Å². The molecule has 3 N–H and O–H groups in total. The zero-order valence-electron chi connectivity index (χ0n) is 14.4. The van der Waals surface area contributed by atoms with Gasteiger partial charge in [0, 0.05) is 13.6 Å². The van der Waals surface area contributed by atoms with Gasteiger partial charge < -0.3 is 15.6 Å². The Morgan fingerprint density at radius 2 is 1.72 bits per heavy atom. The first-order valence-electron chi connectivity index (χ1n) is 8.43. The molecule has 0 spiro atoms. The third-order valence-electron chi connectivity index (χ3n) is 3.91. The van der Waals surface area contributed by atoms with Crippen LogP contribution in [0.5, 0.6) is 0 Å². The van der Waals surface area contributed by atoms with Crippen molar-refractivity contribution in [3.05, 3.63) is 78.2 Å². The minimum Gasteiger partial charge on any atom is -0.356 e. The number of nitrogens with zero attached hydrogens (tertiary/aromatic N) is 2. The van der Waals surface area contributed by atoms with Crippen molar-refractivity contribution in [2.24, 2.45) is 4.99 Å². The molecule has 0 saturated heterocycles. The molecule has 0 radical (unpaired) electrons. The highest BCUT2D eigenvalue weighted by atomic mass is 15.2. The van der Waals surface area contributed by atoms with Crippen molar-refractivity contribution in [3.63, 3.8) is 0 Å². The third kappa shape index (κ3) is 4.94. The SMILES string of the molecule is CN=C(NCCc1ccccc1)NCc1ncc(-c2ccccc2)[nH]1. The molecule has 3 aromatic rings. The molecular weight excluding hydrogens is 310 g/mol. The Morgan fingerprint density at radius 3 is 2.44 bits per heavy atom. The van der Waals surface area contributed by atoms with Crippen molar-refractivity contribution < 1.29 is 0 Å². The van der Waals surface area contributed by atoms with Gasteiger partial charge in [-0.3, -0.25) is 4.99 Å². The van der Waals surface area contributed by atoms with Crippen molar-refractivity contribution >= 4 is 5.96 Å². The molecule has 128 valence electrons. The minimum atomic E-state index is 0.595. The van der Waals surface area contributed by atoms with Crippen LogP contribution in [0.4, 0.5) is 0 Å². The van der Waals surface area contributed by atoms with Crippen LogP contribution in [0, 0.1) is 0 Å². The maximum Gasteiger partial charge on any atom is 0.191 e. The first-order valence-corrected chi connectivity index (χ1v) is 8.43. The molecule has 5 nitrogen and oxygen atoms in total. The van der Waals surface area contributed by atoms with E-state index in [9.17, 15) is 0 Å². The van der Waals surface area contributed by atoms with Gasteiger partial charge in [0.25, 0.3) is 0 Å². The van der Waals surface area contributed by atoms with Gasteiger partial charge in [0.2, 0.25) is 0 Å². The fourth-order valence-corrected chi connectivity index (χ4v) is 2.57. The number of aliphatic imine (C=N–C) groups is 1. The van der Waals surface area contributed by atoms with Gasteiger partial charge >= 0.3 is 0 Å². The van der Waals surface area contributed by atoms with Crippen molar-refractivity contribution in [1.82, 2.24) is 20.6 Å². The zero-order chi connectivity index (χ0) is 17.3. The highest BCUT2D eigenvalue weighted by Gasteiger charge is 2.04. The fraction of sp³-hybridized carbons (Fsp3) is 0.200. The number of guanidine groups is 1. The van der Waals surface area contributed by atoms with Crippen LogP contribution in [0.3, 0.4) is 0 Å². The molecule has 5 heteroatoms. The van der Waals surface area contributed by atoms with Crippen LogP contribution in [0.15, 0.2) is 71.9 Å². The van der Waals surface area contributed by atoms with E-state index >= 15 is 0 Å². The maximum absolute atomic E-state index is 4.43. The van der Waals surface area contributed by atoms with Gasteiger partial charge in [-0.1, -0.05) is 60.7 Å². The smallest absolute Gasteiger partial charge is 0.191 e. The molecule has 0 aliphatic carbocycles. The summed E-state index contributed by atoms with van der Waals surface area (Å²) >= 11 is 0. The van der Waals surface area contributed by atoms with Crippen LogP contribution < -0.4 is 10.6 Å². The number of benzene rings is 2. The summed E-state index contributed by atoms with van der Waals surface area (Å²) in [5.41, 5.74) is 3.46. The van der Waals surface area contributed by atoms with Crippen molar-refractivity contribution in [3.8, 4) is 11.3 Å². The van der Waals surface area contributed by atoms with Crippen molar-refractivity contribution in [2.45, 2.75) is 13.0 Å². The first kappa shape index (κ1) is 16.8. The fourth-order valence-electron chi connectivity index (χ4n) is 2.57. The number of imidazole rings is 1. The Bertz CT molecular complexity index is 793. The predicted molar refractivity (Wildman–Crippen MR) is 102 cm³/mol. The molecule has 0 saturated carbocycles. The van der Waals surface area contributed by atoms with E-state index in [0.717, 1.165) is 36.0 Å². The van der Waals surface area contributed by atoms with Crippen LogP contribution in [-0.2, 0) is 13.0 Å². The van der Waals surface area contributed by atoms with Crippen LogP contribution >= 0.6 is 0 Å². The molecule has 0 aliphatic rings. The Kier molecular flexibility index (Phi) is 5.82. The summed E-state index contributed by atoms with van der Waals surface area (Å²) in [7, 11) is 1.77. The lowest BCUT2D eigenvalue weighted by molar-refractivity contribution is 0.773. The Balaban J connectivity index is 1.47. The van der Waals surface area contributed by atoms with Gasteiger partial charge in [0.1, 0.15) is 5.82 Å². The number of rotatable bonds is 6. The highest BCUT2D eigenvalue weighted by molar-refractivity contribution is 5.79. The Morgan fingerprint density at radius 1 is 1.00 bits per heavy atom. The number of aromatic nitrogens is 2. The summed E-state index contributed by atoms with van der Waals surface area (Å²) in [6, 6.07) is 20.6. The summed E-state index contributed by atoms with van der Waals surface area (Å²) in [6.07, 6.45) is 2.82. The molecule has 2 aromatic carbocycles. The Labute approximate surface area is 148 Å². The van der Waals surface area contributed by atoms with E-state index in [-0.39, 0.29) is 0 Å². The molecule has 3 rings (SSSR count). The molecule has 25 heavy (non-hydrogen) atoms. The van der Waals surface area contributed by atoms with Gasteiger partial charge in [0.15, 0.2) is 5.96 Å². The van der Waals surface area contributed by atoms with E-state index in [1.54, 1.807) is 7.05 Å². The second kappa shape index (κ2) is 8.68. The average molecular weight is 333 g/mol. The molecule has 1 heterocycles. The molecule has 0 fully saturated rings.